The Hall–Kier alpha value is -1.29. The second kappa shape index (κ2) is 6.93. The molecule has 2 atom stereocenters. The number of pyridine rings is 1. The molecule has 0 saturated heterocycles. The lowest BCUT2D eigenvalue weighted by Crippen LogP contribution is -2.41. The van der Waals surface area contributed by atoms with Crippen molar-refractivity contribution in [3.05, 3.63) is 18.2 Å². The zero-order chi connectivity index (χ0) is 14.4. The number of aromatic nitrogens is 1. The minimum absolute atomic E-state index is 0.577. The molecule has 1 saturated carbocycles. The van der Waals surface area contributed by atoms with Crippen LogP contribution in [-0.4, -0.2) is 28.8 Å². The van der Waals surface area contributed by atoms with Crippen LogP contribution in [-0.2, 0) is 0 Å². The topological polar surface area (TPSA) is 57.2 Å². The van der Waals surface area contributed by atoms with E-state index in [0.29, 0.717) is 12.5 Å². The van der Waals surface area contributed by atoms with Crippen LogP contribution in [0.15, 0.2) is 18.2 Å². The molecule has 0 spiro atoms. The SMILES string of the molecule is CCCNc1cccc(NCC2(O)CCCC(C)C2)n1. The standard InChI is InChI=1S/C16H27N3O/c1-3-10-17-14-7-4-8-15(19-14)18-12-16(20)9-5-6-13(2)11-16/h4,7-8,13,20H,3,5-6,9-12H2,1-2H3,(H2,17,18,19). The van der Waals surface area contributed by atoms with E-state index in [1.54, 1.807) is 0 Å². The van der Waals surface area contributed by atoms with Gasteiger partial charge in [0.1, 0.15) is 11.6 Å². The molecule has 1 aromatic rings. The largest absolute Gasteiger partial charge is 0.388 e. The molecule has 1 fully saturated rings. The lowest BCUT2D eigenvalue weighted by atomic mass is 9.79. The monoisotopic (exact) mass is 277 g/mol. The molecule has 112 valence electrons. The Bertz CT molecular complexity index is 424. The summed E-state index contributed by atoms with van der Waals surface area (Å²) >= 11 is 0. The zero-order valence-corrected chi connectivity index (χ0v) is 12.7. The highest BCUT2D eigenvalue weighted by Crippen LogP contribution is 2.32. The third-order valence-electron chi connectivity index (χ3n) is 3.97. The van der Waals surface area contributed by atoms with Gasteiger partial charge in [0, 0.05) is 13.1 Å². The van der Waals surface area contributed by atoms with E-state index in [1.807, 2.05) is 18.2 Å². The maximum atomic E-state index is 10.6. The maximum absolute atomic E-state index is 10.6. The number of anilines is 2. The van der Waals surface area contributed by atoms with Crippen LogP contribution in [0.4, 0.5) is 11.6 Å². The molecule has 3 N–H and O–H groups in total. The molecule has 4 nitrogen and oxygen atoms in total. The lowest BCUT2D eigenvalue weighted by Gasteiger charge is -2.35. The van der Waals surface area contributed by atoms with Gasteiger partial charge in [-0.25, -0.2) is 4.98 Å². The first kappa shape index (κ1) is 15.1. The number of hydrogen-bond donors (Lipinski definition) is 3. The summed E-state index contributed by atoms with van der Waals surface area (Å²) in [6.45, 7) is 5.87. The van der Waals surface area contributed by atoms with E-state index in [4.69, 9.17) is 0 Å². The summed E-state index contributed by atoms with van der Waals surface area (Å²) in [7, 11) is 0. The third-order valence-corrected chi connectivity index (χ3v) is 3.97. The molecule has 1 aliphatic carbocycles. The second-order valence-electron chi connectivity index (χ2n) is 6.11. The lowest BCUT2D eigenvalue weighted by molar-refractivity contribution is -0.000824. The molecule has 1 heterocycles. The molecule has 0 bridgehead atoms. The van der Waals surface area contributed by atoms with E-state index in [2.05, 4.69) is 29.5 Å². The first-order chi connectivity index (χ1) is 9.61. The predicted molar refractivity (Wildman–Crippen MR) is 84.1 cm³/mol. The molecule has 4 heteroatoms. The quantitative estimate of drug-likeness (QED) is 0.747. The summed E-state index contributed by atoms with van der Waals surface area (Å²) < 4.78 is 0. The molecule has 0 amide bonds. The number of hydrogen-bond acceptors (Lipinski definition) is 4. The van der Waals surface area contributed by atoms with Gasteiger partial charge in [-0.05, 0) is 37.3 Å². The van der Waals surface area contributed by atoms with Crippen molar-refractivity contribution >= 4 is 11.6 Å². The molecular formula is C16H27N3O. The predicted octanol–water partition coefficient (Wildman–Crippen LogP) is 3.26. The summed E-state index contributed by atoms with van der Waals surface area (Å²) in [5, 5.41) is 17.2. The molecule has 1 aromatic heterocycles. The van der Waals surface area contributed by atoms with Crippen LogP contribution < -0.4 is 10.6 Å². The van der Waals surface area contributed by atoms with E-state index in [-0.39, 0.29) is 0 Å². The summed E-state index contributed by atoms with van der Waals surface area (Å²) in [5.74, 6) is 2.33. The van der Waals surface area contributed by atoms with Crippen molar-refractivity contribution < 1.29 is 5.11 Å². The average Bonchev–Trinajstić information content (AvgIpc) is 2.43. The van der Waals surface area contributed by atoms with Crippen LogP contribution in [0.2, 0.25) is 0 Å². The van der Waals surface area contributed by atoms with Crippen LogP contribution in [0.5, 0.6) is 0 Å². The van der Waals surface area contributed by atoms with Gasteiger partial charge in [0.05, 0.1) is 5.60 Å². The number of nitrogens with one attached hydrogen (secondary N) is 2. The van der Waals surface area contributed by atoms with E-state index in [1.165, 1.54) is 6.42 Å². The zero-order valence-electron chi connectivity index (χ0n) is 12.7. The summed E-state index contributed by atoms with van der Waals surface area (Å²) in [4.78, 5) is 4.51. The van der Waals surface area contributed by atoms with Crippen molar-refractivity contribution in [3.63, 3.8) is 0 Å². The minimum atomic E-state index is -0.577. The Balaban J connectivity index is 1.89. The smallest absolute Gasteiger partial charge is 0.128 e. The van der Waals surface area contributed by atoms with Gasteiger partial charge in [-0.1, -0.05) is 32.8 Å². The van der Waals surface area contributed by atoms with Crippen LogP contribution >= 0.6 is 0 Å². The Morgan fingerprint density at radius 2 is 2.10 bits per heavy atom. The van der Waals surface area contributed by atoms with E-state index >= 15 is 0 Å². The van der Waals surface area contributed by atoms with Crippen molar-refractivity contribution in [2.45, 2.75) is 51.6 Å². The summed E-state index contributed by atoms with van der Waals surface area (Å²) in [5.41, 5.74) is -0.577. The highest BCUT2D eigenvalue weighted by atomic mass is 16.3. The van der Waals surface area contributed by atoms with Crippen molar-refractivity contribution in [2.75, 3.05) is 23.7 Å². The van der Waals surface area contributed by atoms with Gasteiger partial charge < -0.3 is 15.7 Å². The molecule has 0 aliphatic heterocycles. The van der Waals surface area contributed by atoms with Gasteiger partial charge in [0.15, 0.2) is 0 Å². The second-order valence-corrected chi connectivity index (χ2v) is 6.11. The first-order valence-corrected chi connectivity index (χ1v) is 7.78. The van der Waals surface area contributed by atoms with Gasteiger partial charge in [0.2, 0.25) is 0 Å². The van der Waals surface area contributed by atoms with Crippen molar-refractivity contribution in [1.82, 2.24) is 4.98 Å². The van der Waals surface area contributed by atoms with Crippen LogP contribution in [0.3, 0.4) is 0 Å². The Morgan fingerprint density at radius 3 is 2.80 bits per heavy atom. The van der Waals surface area contributed by atoms with E-state index in [0.717, 1.165) is 43.9 Å². The first-order valence-electron chi connectivity index (χ1n) is 7.78. The molecule has 20 heavy (non-hydrogen) atoms. The van der Waals surface area contributed by atoms with Gasteiger partial charge >= 0.3 is 0 Å². The molecular weight excluding hydrogens is 250 g/mol. The van der Waals surface area contributed by atoms with Gasteiger partial charge in [0.25, 0.3) is 0 Å². The summed E-state index contributed by atoms with van der Waals surface area (Å²) in [6, 6.07) is 5.91. The maximum Gasteiger partial charge on any atom is 0.128 e. The highest BCUT2D eigenvalue weighted by Gasteiger charge is 2.32. The molecule has 0 radical (unpaired) electrons. The van der Waals surface area contributed by atoms with E-state index < -0.39 is 5.60 Å². The number of aliphatic hydroxyl groups is 1. The fourth-order valence-electron chi connectivity index (χ4n) is 2.93. The highest BCUT2D eigenvalue weighted by molar-refractivity contribution is 5.45. The Labute approximate surface area is 122 Å². The number of rotatable bonds is 6. The molecule has 1 aliphatic rings. The van der Waals surface area contributed by atoms with Crippen molar-refractivity contribution in [3.8, 4) is 0 Å². The van der Waals surface area contributed by atoms with Crippen LogP contribution in [0.1, 0.15) is 46.0 Å². The van der Waals surface area contributed by atoms with E-state index in [9.17, 15) is 5.11 Å². The third kappa shape index (κ3) is 4.37. The summed E-state index contributed by atoms with van der Waals surface area (Å²) in [6.07, 6.45) is 5.20. The normalized spacial score (nSPS) is 26.2. The van der Waals surface area contributed by atoms with Gasteiger partial charge in [-0.3, -0.25) is 0 Å². The fourth-order valence-corrected chi connectivity index (χ4v) is 2.93. The average molecular weight is 277 g/mol. The van der Waals surface area contributed by atoms with Crippen LogP contribution in [0, 0.1) is 5.92 Å². The number of nitrogens with zero attached hydrogens (tertiary/aromatic N) is 1. The Morgan fingerprint density at radius 1 is 1.35 bits per heavy atom. The molecule has 2 rings (SSSR count). The van der Waals surface area contributed by atoms with Crippen LogP contribution in [0.25, 0.3) is 0 Å². The van der Waals surface area contributed by atoms with Gasteiger partial charge in [-0.2, -0.15) is 0 Å². The van der Waals surface area contributed by atoms with Crippen molar-refractivity contribution in [1.29, 1.82) is 0 Å². The Kier molecular flexibility index (Phi) is 5.24. The van der Waals surface area contributed by atoms with Gasteiger partial charge in [-0.15, -0.1) is 0 Å². The van der Waals surface area contributed by atoms with Crippen molar-refractivity contribution in [2.24, 2.45) is 5.92 Å². The fraction of sp³-hybridized carbons (Fsp3) is 0.688. The molecule has 0 aromatic carbocycles. The molecule has 2 unspecified atom stereocenters. The minimum Gasteiger partial charge on any atom is -0.388 e.